The number of fused-ring (bicyclic) bond motifs is 16. The van der Waals surface area contributed by atoms with Gasteiger partial charge in [-0.3, -0.25) is 0 Å². The molecule has 0 N–H and O–H groups in total. The van der Waals surface area contributed by atoms with Crippen LogP contribution in [-0.4, -0.2) is 20.9 Å². The van der Waals surface area contributed by atoms with Crippen LogP contribution < -0.4 is 0 Å². The van der Waals surface area contributed by atoms with E-state index in [2.05, 4.69) is 257 Å². The van der Waals surface area contributed by atoms with Gasteiger partial charge in [-0.15, -0.1) is 0 Å². The normalized spacial score (nSPS) is 12.1. The second kappa shape index (κ2) is 67.5. The molecule has 5 heteroatoms. The summed E-state index contributed by atoms with van der Waals surface area (Å²) in [5.74, 6) is 1.08. The van der Waals surface area contributed by atoms with E-state index in [1.807, 2.05) is 235 Å². The fraction of sp³-hybridized carbons (Fsp3) is 0.477. The van der Waals surface area contributed by atoms with Gasteiger partial charge < -0.3 is 4.74 Å². The van der Waals surface area contributed by atoms with Crippen LogP contribution in [0.25, 0.3) is 44.5 Å². The Balaban J connectivity index is -0.000000170. The summed E-state index contributed by atoms with van der Waals surface area (Å²) in [6.45, 7) is 84.2. The van der Waals surface area contributed by atoms with Crippen LogP contribution in [0.2, 0.25) is 0 Å². The average Bonchev–Trinajstić information content (AvgIpc) is 1.49. The summed E-state index contributed by atoms with van der Waals surface area (Å²) in [7, 11) is 0. The molecule has 652 valence electrons. The first-order valence-electron chi connectivity index (χ1n) is 43.2. The van der Waals surface area contributed by atoms with Gasteiger partial charge in [-0.2, -0.15) is 0 Å². The van der Waals surface area contributed by atoms with E-state index in [9.17, 15) is 4.79 Å². The standard InChI is InChI=1S/C33H30.C15H14.C12H18.C10H10O2.C6H6.C3H3N3.C3H8.12C2H6.5CH4/c1-31(2)22-16-10-7-13-19(22)25-28(31)26-20-14-8-11-17-23(20)32(3,4)30(26)27-21-15-9-12-18-24(21)33(5,6)29(25)27;1-15(2)13-9-5-3-7-11(13)12-8-4-6-10-14(12)15;1-9(2)11-5-7-12(8-6-11)10(3)4;1-10(2)8-6-4-3-5-7(8)9(11)12-10;1-2-4-6-5-3-1;1-4-2-6-3-5-1;1-3-2;12*1-2;;;;;/h7-18H,1-6H3;3-10H,1-2H3;5-10H,1-4H3;3-6H,1-2H3;1-6H;1-3H;3H2,1-2H3;12*1-2H3;5*1H4. The minimum absolute atomic E-state index is 0. The molecule has 0 saturated heterocycles. The summed E-state index contributed by atoms with van der Waals surface area (Å²) in [5, 5.41) is 0. The lowest BCUT2D eigenvalue weighted by atomic mass is 9.71. The minimum Gasteiger partial charge on any atom is -0.451 e. The molecule has 0 bridgehead atoms. The Labute approximate surface area is 722 Å². The van der Waals surface area contributed by atoms with E-state index >= 15 is 0 Å². The number of aromatic nitrogens is 3. The van der Waals surface area contributed by atoms with Crippen LogP contribution in [0.3, 0.4) is 0 Å². The number of hydrogen-bond acceptors (Lipinski definition) is 5. The molecule has 0 radical (unpaired) electrons. The Morgan fingerprint density at radius 2 is 0.440 bits per heavy atom. The first-order valence-corrected chi connectivity index (χ1v) is 43.2. The number of rotatable bonds is 2. The number of esters is 1. The maximum atomic E-state index is 11.3. The number of hydrogen-bond donors (Lipinski definition) is 0. The lowest BCUT2D eigenvalue weighted by molar-refractivity contribution is 0.00952. The topological polar surface area (TPSA) is 65.0 Å². The van der Waals surface area contributed by atoms with Crippen molar-refractivity contribution in [2.45, 2.75) is 360 Å². The second-order valence-electron chi connectivity index (χ2n) is 26.6. The lowest BCUT2D eigenvalue weighted by Crippen LogP contribution is -2.22. The Bertz CT molecular complexity index is 3640. The molecule has 10 aromatic rings. The Morgan fingerprint density at radius 1 is 0.259 bits per heavy atom. The van der Waals surface area contributed by atoms with E-state index in [1.165, 1.54) is 126 Å². The molecular weight excluding hydrogens is 1410 g/mol. The molecular formula is C111H181N3O2. The Hall–Kier alpha value is -8.54. The summed E-state index contributed by atoms with van der Waals surface area (Å²) in [6, 6.07) is 73.3. The monoisotopic (exact) mass is 1590 g/mol. The first-order chi connectivity index (χ1) is 53.5. The van der Waals surface area contributed by atoms with Gasteiger partial charge in [-0.1, -0.05) is 507 Å². The highest BCUT2D eigenvalue weighted by Gasteiger charge is 2.52. The largest absolute Gasteiger partial charge is 0.451 e. The van der Waals surface area contributed by atoms with Crippen LogP contribution >= 0.6 is 0 Å². The van der Waals surface area contributed by atoms with Crippen LogP contribution in [0.5, 0.6) is 0 Å². The van der Waals surface area contributed by atoms with Crippen LogP contribution in [0.1, 0.15) is 404 Å². The zero-order valence-electron chi connectivity index (χ0n) is 78.4. The number of nitrogens with zero attached hydrogens (tertiary/aromatic N) is 3. The highest BCUT2D eigenvalue weighted by atomic mass is 16.6. The third kappa shape index (κ3) is 31.7. The van der Waals surface area contributed by atoms with Gasteiger partial charge in [0.1, 0.15) is 24.6 Å². The van der Waals surface area contributed by atoms with E-state index in [0.29, 0.717) is 17.4 Å². The minimum atomic E-state index is -0.451. The number of benzene rings is 9. The molecule has 5 nitrogen and oxygen atoms in total. The number of cyclic esters (lactones) is 1. The molecule has 116 heavy (non-hydrogen) atoms. The van der Waals surface area contributed by atoms with Crippen molar-refractivity contribution in [1.82, 2.24) is 15.0 Å². The van der Waals surface area contributed by atoms with Gasteiger partial charge in [0.25, 0.3) is 0 Å². The summed E-state index contributed by atoms with van der Waals surface area (Å²) in [6.07, 6.45) is 5.56. The summed E-state index contributed by atoms with van der Waals surface area (Å²) in [5.41, 5.74) is 27.6. The summed E-state index contributed by atoms with van der Waals surface area (Å²) >= 11 is 0. The number of carbonyl (C=O) groups excluding carboxylic acids is 1. The third-order valence-electron chi connectivity index (χ3n) is 18.0. The van der Waals surface area contributed by atoms with Crippen molar-refractivity contribution in [2.75, 3.05) is 0 Å². The molecule has 0 spiro atoms. The van der Waals surface area contributed by atoms with Gasteiger partial charge in [0.2, 0.25) is 0 Å². The van der Waals surface area contributed by atoms with E-state index in [1.54, 1.807) is 6.07 Å². The quantitative estimate of drug-likeness (QED) is 0.161. The van der Waals surface area contributed by atoms with Gasteiger partial charge in [0.15, 0.2) is 0 Å². The highest BCUT2D eigenvalue weighted by molar-refractivity contribution is 6.04. The highest BCUT2D eigenvalue weighted by Crippen LogP contribution is 2.67. The maximum absolute atomic E-state index is 11.3. The SMILES string of the molecule is C.C.C.C.C.CC.CC.CC.CC.CC.CC.CC.CC.CC.CC.CC.CC.CC(C)c1ccc(C(C)C)cc1.CC1(C)OC(=O)c2ccccc21.CC1(C)c2ccccc2-c2c1c1c(c3c2C(C)(C)c2ccccc2-3)C(C)(C)c2ccccc2-1.CC1(C)c2ccccc2-c2ccccc21.CCC.c1ccccc1.c1ncncn1. The van der Waals surface area contributed by atoms with E-state index in [4.69, 9.17) is 4.74 Å². The molecule has 2 heterocycles. The zero-order chi connectivity index (χ0) is 86.5. The molecule has 1 aromatic heterocycles. The van der Waals surface area contributed by atoms with Gasteiger partial charge >= 0.3 is 5.97 Å². The van der Waals surface area contributed by atoms with E-state index in [-0.39, 0.29) is 64.8 Å². The summed E-state index contributed by atoms with van der Waals surface area (Å²) in [4.78, 5) is 21.9. The lowest BCUT2D eigenvalue weighted by Gasteiger charge is -2.31. The molecule has 1 aliphatic heterocycles. The Kier molecular flexibility index (Phi) is 73.1. The molecule has 5 aliphatic rings. The van der Waals surface area contributed by atoms with Crippen molar-refractivity contribution in [1.29, 1.82) is 0 Å². The van der Waals surface area contributed by atoms with Gasteiger partial charge in [-0.25, -0.2) is 19.7 Å². The first kappa shape index (κ1) is 126. The average molecular weight is 1590 g/mol. The van der Waals surface area contributed by atoms with Crippen LogP contribution in [0, 0.1) is 0 Å². The van der Waals surface area contributed by atoms with Crippen molar-refractivity contribution in [2.24, 2.45) is 0 Å². The molecule has 0 amide bonds. The van der Waals surface area contributed by atoms with Crippen molar-refractivity contribution in [3.63, 3.8) is 0 Å². The van der Waals surface area contributed by atoms with Gasteiger partial charge in [0.05, 0.1) is 5.56 Å². The van der Waals surface area contributed by atoms with Crippen molar-refractivity contribution in [3.8, 4) is 44.5 Å². The predicted molar refractivity (Wildman–Crippen MR) is 535 cm³/mol. The molecule has 0 atom stereocenters. The maximum Gasteiger partial charge on any atom is 0.339 e. The second-order valence-corrected chi connectivity index (χ2v) is 26.6. The van der Waals surface area contributed by atoms with Gasteiger partial charge in [0, 0.05) is 27.2 Å². The third-order valence-corrected chi connectivity index (χ3v) is 18.0. The Morgan fingerprint density at radius 3 is 0.638 bits per heavy atom. The molecule has 15 rings (SSSR count). The van der Waals surface area contributed by atoms with Crippen molar-refractivity contribution in [3.05, 3.63) is 292 Å². The number of ether oxygens (including phenoxy) is 1. The summed E-state index contributed by atoms with van der Waals surface area (Å²) < 4.78 is 5.18. The molecule has 0 fully saturated rings. The smallest absolute Gasteiger partial charge is 0.339 e. The van der Waals surface area contributed by atoms with Crippen LogP contribution in [-0.2, 0) is 32.0 Å². The van der Waals surface area contributed by atoms with E-state index < -0.39 is 5.60 Å². The molecule has 4 aliphatic carbocycles. The molecule has 9 aromatic carbocycles. The molecule has 0 saturated carbocycles. The molecule has 0 unspecified atom stereocenters. The van der Waals surface area contributed by atoms with E-state index in [0.717, 1.165) is 5.56 Å². The van der Waals surface area contributed by atoms with Crippen molar-refractivity contribution < 1.29 is 9.53 Å². The number of carbonyl (C=O) groups is 1. The van der Waals surface area contributed by atoms with Crippen molar-refractivity contribution >= 4 is 5.97 Å². The zero-order valence-corrected chi connectivity index (χ0v) is 78.4. The fourth-order valence-corrected chi connectivity index (χ4v) is 13.6. The predicted octanol–water partition coefficient (Wildman–Crippen LogP) is 37.1. The van der Waals surface area contributed by atoms with Crippen LogP contribution in [0.15, 0.2) is 225 Å². The van der Waals surface area contributed by atoms with Gasteiger partial charge in [-0.05, 0) is 132 Å². The fourth-order valence-electron chi connectivity index (χ4n) is 13.6. The van der Waals surface area contributed by atoms with Crippen LogP contribution in [0.4, 0.5) is 0 Å².